The molecule has 0 radical (unpaired) electrons. The molecule has 154 valence electrons. The third kappa shape index (κ3) is 3.26. The Kier molecular flexibility index (Phi) is 4.76. The maximum absolute atomic E-state index is 13.1. The van der Waals surface area contributed by atoms with E-state index in [2.05, 4.69) is 11.0 Å². The van der Waals surface area contributed by atoms with Gasteiger partial charge in [0.15, 0.2) is 0 Å². The summed E-state index contributed by atoms with van der Waals surface area (Å²) in [5, 5.41) is 11.3. The highest BCUT2D eigenvalue weighted by molar-refractivity contribution is 7.93. The summed E-state index contributed by atoms with van der Waals surface area (Å²) < 4.78 is 27.7. The third-order valence-electron chi connectivity index (χ3n) is 6.05. The van der Waals surface area contributed by atoms with E-state index in [1.165, 1.54) is 5.57 Å². The average molecular weight is 421 g/mol. The molecule has 5 rings (SSSR count). The molecule has 0 aliphatic carbocycles. The van der Waals surface area contributed by atoms with Crippen LogP contribution in [0.25, 0.3) is 16.3 Å². The Hall–Kier alpha value is -2.83. The smallest absolute Gasteiger partial charge is 0.265 e. The molecule has 0 unspecified atom stereocenters. The van der Waals surface area contributed by atoms with Crippen molar-refractivity contribution in [3.05, 3.63) is 72.3 Å². The quantitative estimate of drug-likeness (QED) is 0.671. The van der Waals surface area contributed by atoms with Crippen LogP contribution in [-0.2, 0) is 10.0 Å². The van der Waals surface area contributed by atoms with Gasteiger partial charge in [0.25, 0.3) is 10.0 Å². The molecule has 1 N–H and O–H groups in total. The van der Waals surface area contributed by atoms with E-state index in [-0.39, 0.29) is 5.75 Å². The number of anilines is 1. The molecule has 3 aromatic carbocycles. The Bertz CT molecular complexity index is 1230. The van der Waals surface area contributed by atoms with Gasteiger partial charge in [-0.25, -0.2) is 8.42 Å². The Labute approximate surface area is 176 Å². The molecule has 0 spiro atoms. The minimum atomic E-state index is -3.47. The second-order valence-electron chi connectivity index (χ2n) is 7.89. The highest BCUT2D eigenvalue weighted by atomic mass is 32.2. The topological polar surface area (TPSA) is 60.9 Å². The van der Waals surface area contributed by atoms with Gasteiger partial charge in [-0.1, -0.05) is 42.5 Å². The molecule has 0 saturated carbocycles. The molecule has 2 aliphatic rings. The fourth-order valence-electron chi connectivity index (χ4n) is 4.49. The first-order valence-electron chi connectivity index (χ1n) is 10.3. The van der Waals surface area contributed by atoms with E-state index in [9.17, 15) is 13.5 Å². The summed E-state index contributed by atoms with van der Waals surface area (Å²) >= 11 is 0. The molecular weight excluding hydrogens is 396 g/mol. The fraction of sp³-hybridized carbons (Fsp3) is 0.250. The zero-order valence-electron chi connectivity index (χ0n) is 16.7. The van der Waals surface area contributed by atoms with Crippen LogP contribution in [0.15, 0.2) is 71.6 Å². The van der Waals surface area contributed by atoms with Crippen LogP contribution in [0, 0.1) is 0 Å². The normalized spacial score (nSPS) is 18.0. The summed E-state index contributed by atoms with van der Waals surface area (Å²) in [4.78, 5) is 2.79. The SMILES string of the molecule is O=S1(=O)c2cccc3cccc(c23)N1CCCN1CC=C(c2ccc(O)cc2)CC1. The lowest BCUT2D eigenvalue weighted by atomic mass is 9.99. The summed E-state index contributed by atoms with van der Waals surface area (Å²) in [6.07, 6.45) is 3.97. The number of phenolic OH excluding ortho intramolecular Hbond substituents is 1. The number of hydrogen-bond acceptors (Lipinski definition) is 4. The van der Waals surface area contributed by atoms with Crippen LogP contribution in [0.3, 0.4) is 0 Å². The Morgan fingerprint density at radius 2 is 1.70 bits per heavy atom. The van der Waals surface area contributed by atoms with Gasteiger partial charge >= 0.3 is 0 Å². The molecule has 0 fully saturated rings. The van der Waals surface area contributed by atoms with Crippen LogP contribution in [-0.4, -0.2) is 44.6 Å². The molecular formula is C24H24N2O3S. The molecule has 2 aliphatic heterocycles. The number of rotatable bonds is 5. The molecule has 0 saturated heterocycles. The van der Waals surface area contributed by atoms with Gasteiger partial charge in [-0.05, 0) is 53.6 Å². The molecule has 30 heavy (non-hydrogen) atoms. The van der Waals surface area contributed by atoms with Crippen LogP contribution < -0.4 is 4.31 Å². The molecule has 5 nitrogen and oxygen atoms in total. The van der Waals surface area contributed by atoms with E-state index in [1.54, 1.807) is 22.5 Å². The molecule has 6 heteroatoms. The van der Waals surface area contributed by atoms with E-state index in [1.807, 2.05) is 42.5 Å². The second kappa shape index (κ2) is 7.45. The first kappa shape index (κ1) is 19.2. The number of benzene rings is 3. The van der Waals surface area contributed by atoms with Crippen molar-refractivity contribution < 1.29 is 13.5 Å². The summed E-state index contributed by atoms with van der Waals surface area (Å²) in [6.45, 7) is 3.16. The lowest BCUT2D eigenvalue weighted by Crippen LogP contribution is -2.34. The van der Waals surface area contributed by atoms with Gasteiger partial charge in [-0.15, -0.1) is 0 Å². The van der Waals surface area contributed by atoms with Gasteiger partial charge in [0.1, 0.15) is 5.75 Å². The Morgan fingerprint density at radius 1 is 0.933 bits per heavy atom. The van der Waals surface area contributed by atoms with Gasteiger partial charge in [0.2, 0.25) is 0 Å². The minimum absolute atomic E-state index is 0.284. The van der Waals surface area contributed by atoms with Crippen LogP contribution in [0.5, 0.6) is 5.75 Å². The number of aromatic hydroxyl groups is 1. The first-order chi connectivity index (χ1) is 14.5. The number of sulfonamides is 1. The molecule has 2 heterocycles. The van der Waals surface area contributed by atoms with E-state index in [0.717, 1.165) is 54.5 Å². The van der Waals surface area contributed by atoms with Crippen molar-refractivity contribution >= 4 is 32.1 Å². The zero-order chi connectivity index (χ0) is 20.7. The zero-order valence-corrected chi connectivity index (χ0v) is 17.5. The van der Waals surface area contributed by atoms with Gasteiger partial charge < -0.3 is 5.11 Å². The van der Waals surface area contributed by atoms with Crippen molar-refractivity contribution in [1.82, 2.24) is 4.90 Å². The van der Waals surface area contributed by atoms with Crippen LogP contribution in [0.2, 0.25) is 0 Å². The van der Waals surface area contributed by atoms with Crippen molar-refractivity contribution in [3.8, 4) is 5.75 Å². The van der Waals surface area contributed by atoms with Crippen LogP contribution in [0.1, 0.15) is 18.4 Å². The highest BCUT2D eigenvalue weighted by Crippen LogP contribution is 2.41. The summed E-state index contributed by atoms with van der Waals surface area (Å²) in [5.74, 6) is 0.284. The standard InChI is InChI=1S/C24H24N2O3S/c27-21-10-8-18(9-11-21)19-12-16-25(17-13-19)14-3-15-26-22-6-1-4-20-5-2-7-23(24(20)22)30(26,28)29/h1-2,4-12,27H,3,13-17H2. The van der Waals surface area contributed by atoms with Crippen molar-refractivity contribution in [2.45, 2.75) is 17.7 Å². The first-order valence-corrected chi connectivity index (χ1v) is 11.7. The van der Waals surface area contributed by atoms with Gasteiger partial charge in [0, 0.05) is 31.6 Å². The number of nitrogens with zero attached hydrogens (tertiary/aromatic N) is 2. The maximum atomic E-state index is 13.1. The molecule has 3 aromatic rings. The number of hydrogen-bond donors (Lipinski definition) is 1. The molecule has 0 amide bonds. The maximum Gasteiger partial charge on any atom is 0.265 e. The third-order valence-corrected chi connectivity index (χ3v) is 7.90. The number of phenols is 1. The summed E-state index contributed by atoms with van der Waals surface area (Å²) in [5.41, 5.74) is 3.26. The van der Waals surface area contributed by atoms with Gasteiger partial charge in [-0.2, -0.15) is 0 Å². The minimum Gasteiger partial charge on any atom is -0.508 e. The Balaban J connectivity index is 1.24. The lowest BCUT2D eigenvalue weighted by Gasteiger charge is -2.27. The van der Waals surface area contributed by atoms with E-state index in [4.69, 9.17) is 0 Å². The van der Waals surface area contributed by atoms with Crippen molar-refractivity contribution in [3.63, 3.8) is 0 Å². The largest absolute Gasteiger partial charge is 0.508 e. The van der Waals surface area contributed by atoms with Crippen molar-refractivity contribution in [2.75, 3.05) is 30.5 Å². The van der Waals surface area contributed by atoms with Crippen molar-refractivity contribution in [2.24, 2.45) is 0 Å². The highest BCUT2D eigenvalue weighted by Gasteiger charge is 2.35. The molecule has 0 atom stereocenters. The summed E-state index contributed by atoms with van der Waals surface area (Å²) in [6, 6.07) is 18.6. The summed E-state index contributed by atoms with van der Waals surface area (Å²) in [7, 11) is -3.47. The fourth-order valence-corrected chi connectivity index (χ4v) is 6.24. The van der Waals surface area contributed by atoms with E-state index < -0.39 is 10.0 Å². The molecule has 0 aromatic heterocycles. The van der Waals surface area contributed by atoms with Gasteiger partial charge in [-0.3, -0.25) is 9.21 Å². The van der Waals surface area contributed by atoms with Crippen molar-refractivity contribution in [1.29, 1.82) is 0 Å². The lowest BCUT2D eigenvalue weighted by molar-refractivity contribution is 0.300. The second-order valence-corrected chi connectivity index (χ2v) is 9.72. The van der Waals surface area contributed by atoms with Gasteiger partial charge in [0.05, 0.1) is 10.6 Å². The predicted octanol–water partition coefficient (Wildman–Crippen LogP) is 4.23. The van der Waals surface area contributed by atoms with E-state index in [0.29, 0.717) is 11.4 Å². The predicted molar refractivity (Wildman–Crippen MR) is 120 cm³/mol. The monoisotopic (exact) mass is 420 g/mol. The molecule has 0 bridgehead atoms. The average Bonchev–Trinajstić information content (AvgIpc) is 2.98. The Morgan fingerprint density at radius 3 is 2.43 bits per heavy atom. The van der Waals surface area contributed by atoms with Crippen LogP contribution >= 0.6 is 0 Å². The van der Waals surface area contributed by atoms with Crippen LogP contribution in [0.4, 0.5) is 5.69 Å². The van der Waals surface area contributed by atoms with E-state index >= 15 is 0 Å².